The summed E-state index contributed by atoms with van der Waals surface area (Å²) in [5, 5.41) is 10.1. The Kier molecular flexibility index (Phi) is 7.81. The maximum absolute atomic E-state index is 11.2. The van der Waals surface area contributed by atoms with Gasteiger partial charge in [0.05, 0.1) is 23.0 Å². The van der Waals surface area contributed by atoms with Crippen LogP contribution in [-0.4, -0.2) is 30.0 Å². The van der Waals surface area contributed by atoms with Gasteiger partial charge in [-0.25, -0.2) is 27.1 Å². The number of benzene rings is 2. The van der Waals surface area contributed by atoms with E-state index in [1.54, 1.807) is 24.3 Å². The molecule has 2 rings (SSSR count). The van der Waals surface area contributed by atoms with Crippen molar-refractivity contribution in [3.63, 3.8) is 0 Å². The number of hydrogen-bond donors (Lipinski definition) is 2. The molecule has 4 N–H and O–H groups in total. The van der Waals surface area contributed by atoms with Crippen molar-refractivity contribution in [2.45, 2.75) is 35.5 Å². The summed E-state index contributed by atoms with van der Waals surface area (Å²) in [6.45, 7) is 1.06. The molecule has 0 spiro atoms. The highest BCUT2D eigenvalue weighted by Gasteiger charge is 2.07. The standard InChI is InChI=1S/C18H24N2O6S2/c19-27(21,22)17-9-5-15(6-10-17)25-13-3-1-2-4-14-26-16-7-11-18(12-8-16)28(20,23)24/h5-12H,1-4,13-14H2,(H2,19,21,22)(H2,20,23,24). The minimum Gasteiger partial charge on any atom is -0.494 e. The lowest BCUT2D eigenvalue weighted by atomic mass is 10.2. The zero-order valence-corrected chi connectivity index (χ0v) is 16.9. The van der Waals surface area contributed by atoms with Crippen molar-refractivity contribution < 1.29 is 26.3 Å². The second-order valence-electron chi connectivity index (χ2n) is 6.14. The van der Waals surface area contributed by atoms with Crippen LogP contribution < -0.4 is 19.8 Å². The van der Waals surface area contributed by atoms with Gasteiger partial charge in [-0.15, -0.1) is 0 Å². The lowest BCUT2D eigenvalue weighted by Crippen LogP contribution is -2.11. The zero-order chi connectivity index (χ0) is 20.6. The molecule has 0 radical (unpaired) electrons. The van der Waals surface area contributed by atoms with Crippen LogP contribution >= 0.6 is 0 Å². The molecular weight excluding hydrogens is 404 g/mol. The van der Waals surface area contributed by atoms with Crippen molar-refractivity contribution in [1.29, 1.82) is 0 Å². The van der Waals surface area contributed by atoms with Crippen LogP contribution in [-0.2, 0) is 20.0 Å². The summed E-state index contributed by atoms with van der Waals surface area (Å²) < 4.78 is 55.8. The summed E-state index contributed by atoms with van der Waals surface area (Å²) in [5.74, 6) is 1.19. The molecule has 0 fully saturated rings. The van der Waals surface area contributed by atoms with E-state index in [4.69, 9.17) is 19.8 Å². The minimum atomic E-state index is -3.69. The first-order valence-electron chi connectivity index (χ1n) is 8.67. The zero-order valence-electron chi connectivity index (χ0n) is 15.3. The summed E-state index contributed by atoms with van der Waals surface area (Å²) in [5.41, 5.74) is 0. The van der Waals surface area contributed by atoms with Crippen molar-refractivity contribution >= 4 is 20.0 Å². The minimum absolute atomic E-state index is 0.0548. The van der Waals surface area contributed by atoms with E-state index in [-0.39, 0.29) is 9.79 Å². The molecule has 0 aliphatic carbocycles. The summed E-state index contributed by atoms with van der Waals surface area (Å²) in [4.78, 5) is 0.110. The lowest BCUT2D eigenvalue weighted by Gasteiger charge is -2.08. The molecule has 10 heteroatoms. The maximum Gasteiger partial charge on any atom is 0.238 e. The Morgan fingerprint density at radius 3 is 1.18 bits per heavy atom. The van der Waals surface area contributed by atoms with Gasteiger partial charge in [-0.2, -0.15) is 0 Å². The largest absolute Gasteiger partial charge is 0.494 e. The van der Waals surface area contributed by atoms with E-state index >= 15 is 0 Å². The fourth-order valence-electron chi connectivity index (χ4n) is 2.39. The molecular formula is C18H24N2O6S2. The third-order valence-electron chi connectivity index (χ3n) is 3.88. The molecule has 0 unspecified atom stereocenters. The normalized spacial score (nSPS) is 11.9. The van der Waals surface area contributed by atoms with Crippen LogP contribution in [0.3, 0.4) is 0 Å². The predicted molar refractivity (Wildman–Crippen MR) is 105 cm³/mol. The molecule has 0 atom stereocenters. The molecule has 28 heavy (non-hydrogen) atoms. The maximum atomic E-state index is 11.2. The molecule has 2 aromatic rings. The van der Waals surface area contributed by atoms with Crippen molar-refractivity contribution in [1.82, 2.24) is 0 Å². The first kappa shape index (κ1) is 22.2. The van der Waals surface area contributed by atoms with Crippen molar-refractivity contribution in [3.8, 4) is 11.5 Å². The van der Waals surface area contributed by atoms with E-state index in [0.717, 1.165) is 25.7 Å². The first-order chi connectivity index (χ1) is 13.2. The van der Waals surface area contributed by atoms with Gasteiger partial charge >= 0.3 is 0 Å². The van der Waals surface area contributed by atoms with Crippen LogP contribution in [0.4, 0.5) is 0 Å². The molecule has 0 aliphatic rings. The van der Waals surface area contributed by atoms with Gasteiger partial charge in [0, 0.05) is 0 Å². The third kappa shape index (κ3) is 7.47. The number of nitrogens with two attached hydrogens (primary N) is 2. The molecule has 0 saturated carbocycles. The fraction of sp³-hybridized carbons (Fsp3) is 0.333. The van der Waals surface area contributed by atoms with E-state index in [1.807, 2.05) is 0 Å². The average Bonchev–Trinajstić information content (AvgIpc) is 2.63. The van der Waals surface area contributed by atoms with Crippen LogP contribution in [0.5, 0.6) is 11.5 Å². The van der Waals surface area contributed by atoms with Gasteiger partial charge in [-0.3, -0.25) is 0 Å². The first-order valence-corrected chi connectivity index (χ1v) is 11.8. The van der Waals surface area contributed by atoms with Gasteiger partial charge in [-0.1, -0.05) is 0 Å². The van der Waals surface area contributed by atoms with Crippen LogP contribution in [0.15, 0.2) is 58.3 Å². The van der Waals surface area contributed by atoms with Crippen LogP contribution in [0.25, 0.3) is 0 Å². The molecule has 154 valence electrons. The molecule has 0 aromatic heterocycles. The van der Waals surface area contributed by atoms with E-state index in [1.165, 1.54) is 24.3 Å². The second kappa shape index (κ2) is 9.87. The molecule has 0 bridgehead atoms. The summed E-state index contributed by atoms with van der Waals surface area (Å²) >= 11 is 0. The Morgan fingerprint density at radius 1 is 0.571 bits per heavy atom. The SMILES string of the molecule is NS(=O)(=O)c1ccc(OCCCCCCOc2ccc(S(N)(=O)=O)cc2)cc1. The number of hydrogen-bond acceptors (Lipinski definition) is 6. The monoisotopic (exact) mass is 428 g/mol. The Morgan fingerprint density at radius 2 is 0.893 bits per heavy atom. The highest BCUT2D eigenvalue weighted by atomic mass is 32.2. The molecule has 0 saturated heterocycles. The van der Waals surface area contributed by atoms with E-state index in [2.05, 4.69) is 0 Å². The summed E-state index contributed by atoms with van der Waals surface area (Å²) in [6.07, 6.45) is 3.64. The van der Waals surface area contributed by atoms with Crippen molar-refractivity contribution in [2.24, 2.45) is 10.3 Å². The third-order valence-corrected chi connectivity index (χ3v) is 5.74. The van der Waals surface area contributed by atoms with Gasteiger partial charge in [-0.05, 0) is 74.2 Å². The lowest BCUT2D eigenvalue weighted by molar-refractivity contribution is 0.287. The van der Waals surface area contributed by atoms with E-state index in [0.29, 0.717) is 24.7 Å². The smallest absolute Gasteiger partial charge is 0.238 e. The number of unbranched alkanes of at least 4 members (excludes halogenated alkanes) is 3. The predicted octanol–water partition coefficient (Wildman–Crippen LogP) is 2.00. The summed E-state index contributed by atoms with van der Waals surface area (Å²) in [6, 6.07) is 12.0. The molecule has 0 aliphatic heterocycles. The van der Waals surface area contributed by atoms with Gasteiger partial charge in [0.1, 0.15) is 11.5 Å². The molecule has 0 amide bonds. The van der Waals surface area contributed by atoms with Gasteiger partial charge in [0.15, 0.2) is 0 Å². The van der Waals surface area contributed by atoms with Crippen molar-refractivity contribution in [2.75, 3.05) is 13.2 Å². The van der Waals surface area contributed by atoms with E-state index < -0.39 is 20.0 Å². The Hall–Kier alpha value is -2.14. The van der Waals surface area contributed by atoms with Crippen LogP contribution in [0, 0.1) is 0 Å². The number of primary sulfonamides is 2. The second-order valence-corrected chi connectivity index (χ2v) is 9.27. The highest BCUT2D eigenvalue weighted by Crippen LogP contribution is 2.16. The van der Waals surface area contributed by atoms with Crippen LogP contribution in [0.2, 0.25) is 0 Å². The van der Waals surface area contributed by atoms with Gasteiger partial charge in [0.2, 0.25) is 20.0 Å². The number of rotatable bonds is 11. The van der Waals surface area contributed by atoms with E-state index in [9.17, 15) is 16.8 Å². The Balaban J connectivity index is 1.57. The topological polar surface area (TPSA) is 139 Å². The summed E-state index contributed by atoms with van der Waals surface area (Å²) in [7, 11) is -7.37. The van der Waals surface area contributed by atoms with Gasteiger partial charge in [0.25, 0.3) is 0 Å². The van der Waals surface area contributed by atoms with Crippen LogP contribution in [0.1, 0.15) is 25.7 Å². The Bertz CT molecular complexity index is 875. The molecule has 2 aromatic carbocycles. The molecule has 0 heterocycles. The average molecular weight is 429 g/mol. The van der Waals surface area contributed by atoms with Gasteiger partial charge < -0.3 is 9.47 Å². The molecule has 8 nitrogen and oxygen atoms in total. The number of sulfonamides is 2. The fourth-order valence-corrected chi connectivity index (χ4v) is 3.42. The Labute approximate surface area is 165 Å². The quantitative estimate of drug-likeness (QED) is 0.525. The van der Waals surface area contributed by atoms with Crippen molar-refractivity contribution in [3.05, 3.63) is 48.5 Å². The number of ether oxygens (including phenoxy) is 2. The highest BCUT2D eigenvalue weighted by molar-refractivity contribution is 7.89.